The third-order valence-corrected chi connectivity index (χ3v) is 4.01. The smallest absolute Gasteiger partial charge is 0.365 e. The Labute approximate surface area is 119 Å². The highest BCUT2D eigenvalue weighted by Gasteiger charge is 2.10. The number of rotatable bonds is 4. The van der Waals surface area contributed by atoms with Crippen molar-refractivity contribution in [3.8, 4) is 5.75 Å². The molecule has 0 unspecified atom stereocenters. The van der Waals surface area contributed by atoms with Gasteiger partial charge in [0.05, 0.1) is 5.69 Å². The molecule has 0 amide bonds. The Bertz CT molecular complexity index is 601. The molecule has 0 spiro atoms. The van der Waals surface area contributed by atoms with E-state index in [4.69, 9.17) is 21.4 Å². The molecule has 0 aliphatic rings. The fourth-order valence-corrected chi connectivity index (χ4v) is 2.37. The largest absolute Gasteiger partial charge is 0.487 e. The number of nitrogens with zero attached hydrogens (tertiary/aromatic N) is 1. The summed E-state index contributed by atoms with van der Waals surface area (Å²) in [7, 11) is 0. The molecule has 0 radical (unpaired) electrons. The van der Waals surface area contributed by atoms with Gasteiger partial charge in [-0.25, -0.2) is 9.78 Å². The monoisotopic (exact) mass is 297 g/mol. The van der Waals surface area contributed by atoms with Crippen LogP contribution in [0.1, 0.15) is 26.6 Å². The SMILES string of the molecule is Cc1cc(OCc2csc(C(=O)O)n2)cc(C)c1Cl. The van der Waals surface area contributed by atoms with Crippen LogP contribution in [0.5, 0.6) is 5.75 Å². The zero-order valence-corrected chi connectivity index (χ0v) is 12.0. The van der Waals surface area contributed by atoms with Crippen LogP contribution in [0, 0.1) is 13.8 Å². The number of carbonyl (C=O) groups is 1. The maximum Gasteiger partial charge on any atom is 0.365 e. The van der Waals surface area contributed by atoms with Crippen LogP contribution in [0.4, 0.5) is 0 Å². The van der Waals surface area contributed by atoms with E-state index >= 15 is 0 Å². The molecule has 0 aliphatic carbocycles. The van der Waals surface area contributed by atoms with Crippen LogP contribution < -0.4 is 4.74 Å². The first-order chi connectivity index (χ1) is 8.97. The van der Waals surface area contributed by atoms with Crippen LogP contribution in [-0.2, 0) is 6.61 Å². The minimum Gasteiger partial charge on any atom is -0.487 e. The molecule has 0 aliphatic heterocycles. The maximum atomic E-state index is 10.7. The number of aromatic carboxylic acids is 1. The fourth-order valence-electron chi connectivity index (χ4n) is 1.62. The van der Waals surface area contributed by atoms with Crippen molar-refractivity contribution in [3.63, 3.8) is 0 Å². The van der Waals surface area contributed by atoms with Crippen molar-refractivity contribution in [2.75, 3.05) is 0 Å². The van der Waals surface area contributed by atoms with Crippen molar-refractivity contribution in [1.29, 1.82) is 0 Å². The normalized spacial score (nSPS) is 10.5. The third kappa shape index (κ3) is 3.24. The number of hydrogen-bond donors (Lipinski definition) is 1. The summed E-state index contributed by atoms with van der Waals surface area (Å²) in [6.45, 7) is 4.06. The van der Waals surface area contributed by atoms with Crippen LogP contribution in [0.25, 0.3) is 0 Å². The number of ether oxygens (including phenoxy) is 1. The van der Waals surface area contributed by atoms with E-state index in [2.05, 4.69) is 4.98 Å². The molecule has 1 aromatic heterocycles. The van der Waals surface area contributed by atoms with E-state index in [1.54, 1.807) is 5.38 Å². The van der Waals surface area contributed by atoms with Gasteiger partial charge in [0, 0.05) is 10.4 Å². The lowest BCUT2D eigenvalue weighted by Gasteiger charge is -2.08. The number of aromatic nitrogens is 1. The van der Waals surface area contributed by atoms with E-state index in [9.17, 15) is 4.79 Å². The van der Waals surface area contributed by atoms with Crippen LogP contribution in [0.15, 0.2) is 17.5 Å². The quantitative estimate of drug-likeness (QED) is 0.935. The summed E-state index contributed by atoms with van der Waals surface area (Å²) in [5, 5.41) is 11.3. The second-order valence-corrected chi connectivity index (χ2v) is 5.34. The summed E-state index contributed by atoms with van der Waals surface area (Å²) in [4.78, 5) is 14.7. The molecule has 1 N–H and O–H groups in total. The van der Waals surface area contributed by atoms with E-state index in [1.807, 2.05) is 26.0 Å². The molecule has 0 atom stereocenters. The molecule has 0 fully saturated rings. The van der Waals surface area contributed by atoms with E-state index in [-0.39, 0.29) is 11.6 Å². The molecule has 0 bridgehead atoms. The summed E-state index contributed by atoms with van der Waals surface area (Å²) in [5.74, 6) is -0.321. The number of carboxylic acid groups (broad SMARTS) is 1. The number of thiazole rings is 1. The van der Waals surface area contributed by atoms with Gasteiger partial charge in [0.1, 0.15) is 12.4 Å². The molecule has 100 valence electrons. The number of carboxylic acids is 1. The minimum atomic E-state index is -1.02. The average Bonchev–Trinajstić information content (AvgIpc) is 2.82. The summed E-state index contributed by atoms with van der Waals surface area (Å²) in [6.07, 6.45) is 0. The van der Waals surface area contributed by atoms with E-state index < -0.39 is 5.97 Å². The van der Waals surface area contributed by atoms with Crippen molar-refractivity contribution < 1.29 is 14.6 Å². The van der Waals surface area contributed by atoms with Crippen LogP contribution in [-0.4, -0.2) is 16.1 Å². The summed E-state index contributed by atoms with van der Waals surface area (Å²) in [6, 6.07) is 3.69. The first kappa shape index (κ1) is 13.8. The van der Waals surface area contributed by atoms with Crippen molar-refractivity contribution in [1.82, 2.24) is 4.98 Å². The molecule has 0 saturated carbocycles. The molecular weight excluding hydrogens is 286 g/mol. The molecule has 0 saturated heterocycles. The van der Waals surface area contributed by atoms with Gasteiger partial charge >= 0.3 is 5.97 Å². The van der Waals surface area contributed by atoms with E-state index in [0.717, 1.165) is 27.5 Å². The number of hydrogen-bond acceptors (Lipinski definition) is 4. The summed E-state index contributed by atoms with van der Waals surface area (Å²) >= 11 is 7.16. The Morgan fingerprint density at radius 3 is 2.58 bits per heavy atom. The standard InChI is InChI=1S/C13H12ClNO3S/c1-7-3-10(4-8(2)11(7)14)18-5-9-6-19-12(15-9)13(16)17/h3-4,6H,5H2,1-2H3,(H,16,17). The van der Waals surface area contributed by atoms with Gasteiger partial charge in [0.2, 0.25) is 5.01 Å². The molecule has 4 nitrogen and oxygen atoms in total. The van der Waals surface area contributed by atoms with Gasteiger partial charge in [-0.3, -0.25) is 0 Å². The molecule has 1 aromatic carbocycles. The fraction of sp³-hybridized carbons (Fsp3) is 0.231. The number of halogens is 1. The van der Waals surface area contributed by atoms with E-state index in [1.165, 1.54) is 0 Å². The molecule has 19 heavy (non-hydrogen) atoms. The lowest BCUT2D eigenvalue weighted by atomic mass is 10.1. The van der Waals surface area contributed by atoms with Crippen molar-refractivity contribution in [2.45, 2.75) is 20.5 Å². The Balaban J connectivity index is 2.08. The van der Waals surface area contributed by atoms with Crippen molar-refractivity contribution in [3.05, 3.63) is 44.4 Å². The topological polar surface area (TPSA) is 59.4 Å². The van der Waals surface area contributed by atoms with Crippen molar-refractivity contribution in [2.24, 2.45) is 0 Å². The first-order valence-corrected chi connectivity index (χ1v) is 6.80. The predicted molar refractivity (Wildman–Crippen MR) is 74.3 cm³/mol. The highest BCUT2D eigenvalue weighted by atomic mass is 35.5. The zero-order valence-electron chi connectivity index (χ0n) is 10.4. The van der Waals surface area contributed by atoms with Crippen LogP contribution in [0.2, 0.25) is 5.02 Å². The predicted octanol–water partition coefficient (Wildman–Crippen LogP) is 3.69. The van der Waals surface area contributed by atoms with Crippen LogP contribution >= 0.6 is 22.9 Å². The van der Waals surface area contributed by atoms with Gasteiger partial charge < -0.3 is 9.84 Å². The van der Waals surface area contributed by atoms with E-state index in [0.29, 0.717) is 11.4 Å². The number of benzene rings is 1. The Morgan fingerprint density at radius 2 is 2.05 bits per heavy atom. The third-order valence-electron chi connectivity index (χ3n) is 2.53. The Hall–Kier alpha value is -1.59. The van der Waals surface area contributed by atoms with Gasteiger partial charge in [-0.05, 0) is 37.1 Å². The lowest BCUT2D eigenvalue weighted by molar-refractivity contribution is 0.0696. The Kier molecular flexibility index (Phi) is 4.07. The maximum absolute atomic E-state index is 10.7. The molecular formula is C13H12ClNO3S. The molecule has 2 rings (SSSR count). The first-order valence-electron chi connectivity index (χ1n) is 5.54. The molecule has 6 heteroatoms. The van der Waals surface area contributed by atoms with Gasteiger partial charge in [-0.2, -0.15) is 0 Å². The van der Waals surface area contributed by atoms with Gasteiger partial charge in [0.15, 0.2) is 0 Å². The minimum absolute atomic E-state index is 0.0714. The second-order valence-electron chi connectivity index (χ2n) is 4.11. The highest BCUT2D eigenvalue weighted by Crippen LogP contribution is 2.26. The Morgan fingerprint density at radius 1 is 1.42 bits per heavy atom. The van der Waals surface area contributed by atoms with Crippen molar-refractivity contribution >= 4 is 28.9 Å². The summed E-state index contributed by atoms with van der Waals surface area (Å²) < 4.78 is 5.59. The molecule has 1 heterocycles. The summed E-state index contributed by atoms with van der Waals surface area (Å²) in [5.41, 5.74) is 2.50. The second kappa shape index (κ2) is 5.59. The van der Waals surface area contributed by atoms with Crippen LogP contribution in [0.3, 0.4) is 0 Å². The van der Waals surface area contributed by atoms with Gasteiger partial charge in [-0.1, -0.05) is 11.6 Å². The number of aryl methyl sites for hydroxylation is 2. The molecule has 2 aromatic rings. The zero-order chi connectivity index (χ0) is 14.0. The lowest BCUT2D eigenvalue weighted by Crippen LogP contribution is -1.99. The average molecular weight is 298 g/mol. The van der Waals surface area contributed by atoms with Gasteiger partial charge in [-0.15, -0.1) is 11.3 Å². The highest BCUT2D eigenvalue weighted by molar-refractivity contribution is 7.11. The van der Waals surface area contributed by atoms with Gasteiger partial charge in [0.25, 0.3) is 0 Å².